The fourth-order valence-corrected chi connectivity index (χ4v) is 2.99. The summed E-state index contributed by atoms with van der Waals surface area (Å²) in [6.07, 6.45) is 2.94. The number of benzene rings is 1. The van der Waals surface area contributed by atoms with Crippen LogP contribution in [0.4, 0.5) is 0 Å². The quantitative estimate of drug-likeness (QED) is 0.852. The predicted molar refractivity (Wildman–Crippen MR) is 78.3 cm³/mol. The van der Waals surface area contributed by atoms with E-state index >= 15 is 0 Å². The van der Waals surface area contributed by atoms with E-state index in [9.17, 15) is 13.2 Å². The summed E-state index contributed by atoms with van der Waals surface area (Å²) in [6, 6.07) is 4.34. The second-order valence-corrected chi connectivity index (χ2v) is 7.27. The number of carbonyl (C=O) groups is 1. The van der Waals surface area contributed by atoms with Gasteiger partial charge in [-0.15, -0.1) is 0 Å². The van der Waals surface area contributed by atoms with Crippen molar-refractivity contribution >= 4 is 15.9 Å². The smallest absolute Gasteiger partial charge is 0.251 e. The lowest BCUT2D eigenvalue weighted by Crippen LogP contribution is -2.50. The topological polar surface area (TPSA) is 98.5 Å². The number of hydrogen-bond acceptors (Lipinski definition) is 4. The summed E-state index contributed by atoms with van der Waals surface area (Å²) in [5, 5.41) is 8.10. The molecule has 0 bridgehead atoms. The number of methoxy groups -OCH3 is 1. The third kappa shape index (κ3) is 3.81. The predicted octanol–water partition coefficient (Wildman–Crippen LogP) is 1.15. The molecule has 21 heavy (non-hydrogen) atoms. The zero-order valence-electron chi connectivity index (χ0n) is 12.2. The molecule has 0 spiro atoms. The van der Waals surface area contributed by atoms with Crippen LogP contribution in [0.15, 0.2) is 23.1 Å². The lowest BCUT2D eigenvalue weighted by Gasteiger charge is -2.39. The van der Waals surface area contributed by atoms with Crippen molar-refractivity contribution in [1.82, 2.24) is 5.32 Å². The molecular formula is C14H20N2O4S. The zero-order chi connectivity index (χ0) is 15.7. The van der Waals surface area contributed by atoms with Gasteiger partial charge in [-0.05, 0) is 49.9 Å². The largest absolute Gasteiger partial charge is 0.380 e. The Morgan fingerprint density at radius 1 is 1.38 bits per heavy atom. The fourth-order valence-electron chi connectivity index (χ4n) is 2.38. The summed E-state index contributed by atoms with van der Waals surface area (Å²) >= 11 is 0. The van der Waals surface area contributed by atoms with Crippen LogP contribution in [0.2, 0.25) is 0 Å². The average Bonchev–Trinajstić information content (AvgIpc) is 2.36. The van der Waals surface area contributed by atoms with Gasteiger partial charge in [-0.2, -0.15) is 0 Å². The van der Waals surface area contributed by atoms with Gasteiger partial charge in [0.05, 0.1) is 11.5 Å². The van der Waals surface area contributed by atoms with E-state index < -0.39 is 10.0 Å². The minimum Gasteiger partial charge on any atom is -0.380 e. The molecule has 6 nitrogen and oxygen atoms in total. The number of rotatable bonds is 5. The normalized spacial score (nSPS) is 17.1. The van der Waals surface area contributed by atoms with E-state index in [1.807, 2.05) is 6.92 Å². The second-order valence-electron chi connectivity index (χ2n) is 5.71. The van der Waals surface area contributed by atoms with Crippen molar-refractivity contribution in [3.05, 3.63) is 29.3 Å². The molecule has 1 aromatic rings. The number of ether oxygens (including phenoxy) is 1. The summed E-state index contributed by atoms with van der Waals surface area (Å²) in [5.41, 5.74) is 0.672. The molecule has 116 valence electrons. The number of nitrogens with one attached hydrogen (secondary N) is 1. The summed E-state index contributed by atoms with van der Waals surface area (Å²) in [7, 11) is -2.37. The molecule has 1 saturated carbocycles. The monoisotopic (exact) mass is 312 g/mol. The molecule has 1 fully saturated rings. The van der Waals surface area contributed by atoms with Crippen LogP contribution in [-0.4, -0.2) is 27.0 Å². The minimum absolute atomic E-state index is 0.0824. The van der Waals surface area contributed by atoms with Gasteiger partial charge in [0.15, 0.2) is 0 Å². The summed E-state index contributed by atoms with van der Waals surface area (Å²) in [5.74, 6) is -0.292. The van der Waals surface area contributed by atoms with Gasteiger partial charge < -0.3 is 10.1 Å². The second kappa shape index (κ2) is 5.75. The summed E-state index contributed by atoms with van der Waals surface area (Å²) in [4.78, 5) is 12.2. The first-order chi connectivity index (χ1) is 9.73. The Balaban J connectivity index is 2.33. The van der Waals surface area contributed by atoms with Crippen LogP contribution in [0.25, 0.3) is 0 Å². The van der Waals surface area contributed by atoms with E-state index in [2.05, 4.69) is 5.32 Å². The Morgan fingerprint density at radius 2 is 2.05 bits per heavy atom. The van der Waals surface area contributed by atoms with Gasteiger partial charge in [0.2, 0.25) is 10.0 Å². The van der Waals surface area contributed by atoms with Crippen molar-refractivity contribution in [3.8, 4) is 0 Å². The standard InChI is InChI=1S/C14H20N2O4S/c1-14(4-3-5-14)16-13(17)11-6-10(9-20-2)7-12(8-11)21(15,18)19/h6-8H,3-5,9H2,1-2H3,(H,16,17)(H2,15,18,19). The molecule has 0 heterocycles. The molecule has 0 atom stereocenters. The minimum atomic E-state index is -3.87. The van der Waals surface area contributed by atoms with E-state index in [-0.39, 0.29) is 28.5 Å². The molecule has 0 aliphatic heterocycles. The van der Waals surface area contributed by atoms with Crippen molar-refractivity contribution in [2.45, 2.75) is 43.2 Å². The number of carbonyl (C=O) groups excluding carboxylic acids is 1. The highest BCUT2D eigenvalue weighted by Gasteiger charge is 2.33. The highest BCUT2D eigenvalue weighted by molar-refractivity contribution is 7.89. The Bertz CT molecular complexity index is 651. The van der Waals surface area contributed by atoms with Crippen LogP contribution in [0, 0.1) is 0 Å². The van der Waals surface area contributed by atoms with Crippen LogP contribution in [0.1, 0.15) is 42.1 Å². The summed E-state index contributed by atoms with van der Waals surface area (Å²) < 4.78 is 28.0. The maximum atomic E-state index is 12.3. The van der Waals surface area contributed by atoms with E-state index in [1.54, 1.807) is 6.07 Å². The van der Waals surface area contributed by atoms with Crippen molar-refractivity contribution in [2.24, 2.45) is 5.14 Å². The van der Waals surface area contributed by atoms with Crippen LogP contribution in [0.5, 0.6) is 0 Å². The number of sulfonamides is 1. The van der Waals surface area contributed by atoms with E-state index in [1.165, 1.54) is 19.2 Å². The van der Waals surface area contributed by atoms with Crippen LogP contribution in [-0.2, 0) is 21.4 Å². The van der Waals surface area contributed by atoms with E-state index in [0.717, 1.165) is 19.3 Å². The lowest BCUT2D eigenvalue weighted by molar-refractivity contribution is 0.0850. The lowest BCUT2D eigenvalue weighted by atomic mass is 9.78. The molecule has 0 aromatic heterocycles. The van der Waals surface area contributed by atoms with Gasteiger partial charge in [0.1, 0.15) is 0 Å². The van der Waals surface area contributed by atoms with Crippen molar-refractivity contribution < 1.29 is 17.9 Å². The summed E-state index contributed by atoms with van der Waals surface area (Å²) in [6.45, 7) is 2.19. The molecule has 7 heteroatoms. The molecule has 2 rings (SSSR count). The van der Waals surface area contributed by atoms with Crippen LogP contribution in [0.3, 0.4) is 0 Å². The first-order valence-corrected chi connectivity index (χ1v) is 8.26. The molecule has 0 radical (unpaired) electrons. The number of nitrogens with two attached hydrogens (primary N) is 1. The highest BCUT2D eigenvalue weighted by atomic mass is 32.2. The maximum Gasteiger partial charge on any atom is 0.251 e. The van der Waals surface area contributed by atoms with Gasteiger partial charge in [0, 0.05) is 18.2 Å². The highest BCUT2D eigenvalue weighted by Crippen LogP contribution is 2.31. The molecule has 1 aliphatic rings. The Morgan fingerprint density at radius 3 is 2.52 bits per heavy atom. The number of amides is 1. The average molecular weight is 312 g/mol. The maximum absolute atomic E-state index is 12.3. The van der Waals surface area contributed by atoms with Gasteiger partial charge in [-0.3, -0.25) is 4.79 Å². The van der Waals surface area contributed by atoms with Crippen molar-refractivity contribution in [3.63, 3.8) is 0 Å². The Labute approximate surface area is 124 Å². The van der Waals surface area contributed by atoms with Crippen molar-refractivity contribution in [2.75, 3.05) is 7.11 Å². The molecule has 0 saturated heterocycles. The molecule has 1 amide bonds. The molecule has 1 aromatic carbocycles. The van der Waals surface area contributed by atoms with Crippen LogP contribution >= 0.6 is 0 Å². The van der Waals surface area contributed by atoms with Crippen LogP contribution < -0.4 is 10.5 Å². The zero-order valence-corrected chi connectivity index (χ0v) is 13.0. The van der Waals surface area contributed by atoms with E-state index in [0.29, 0.717) is 5.56 Å². The molecule has 1 aliphatic carbocycles. The number of hydrogen-bond donors (Lipinski definition) is 2. The Hall–Kier alpha value is -1.44. The third-order valence-electron chi connectivity index (χ3n) is 3.74. The first kappa shape index (κ1) is 15.9. The van der Waals surface area contributed by atoms with Gasteiger partial charge in [-0.25, -0.2) is 13.6 Å². The van der Waals surface area contributed by atoms with Gasteiger partial charge >= 0.3 is 0 Å². The molecule has 0 unspecified atom stereocenters. The van der Waals surface area contributed by atoms with Gasteiger partial charge in [0.25, 0.3) is 5.91 Å². The SMILES string of the molecule is COCc1cc(C(=O)NC2(C)CCC2)cc(S(N)(=O)=O)c1. The molecular weight excluding hydrogens is 292 g/mol. The van der Waals surface area contributed by atoms with E-state index in [4.69, 9.17) is 9.88 Å². The first-order valence-electron chi connectivity index (χ1n) is 6.72. The molecule has 3 N–H and O–H groups in total. The fraction of sp³-hybridized carbons (Fsp3) is 0.500. The van der Waals surface area contributed by atoms with Gasteiger partial charge in [-0.1, -0.05) is 0 Å². The Kier molecular flexibility index (Phi) is 4.36. The van der Waals surface area contributed by atoms with Crippen molar-refractivity contribution in [1.29, 1.82) is 0 Å². The number of primary sulfonamides is 1. The third-order valence-corrected chi connectivity index (χ3v) is 4.63.